The summed E-state index contributed by atoms with van der Waals surface area (Å²) in [5, 5.41) is 0.479. The van der Waals surface area contributed by atoms with E-state index in [0.29, 0.717) is 5.33 Å². The van der Waals surface area contributed by atoms with Crippen molar-refractivity contribution in [1.82, 2.24) is 0 Å². The minimum Gasteiger partial charge on any atom is -0.300 e. The maximum Gasteiger partial charge on any atom is 0.140 e. The predicted molar refractivity (Wildman–Crippen MR) is 67.5 cm³/mol. The number of hydrogen-bond acceptors (Lipinski definition) is 2. The Bertz CT molecular complexity index is 101. The van der Waals surface area contributed by atoms with Gasteiger partial charge in [-0.1, -0.05) is 45.9 Å². The Morgan fingerprint density at radius 1 is 1.17 bits per heavy atom. The molecule has 4 heteroatoms. The summed E-state index contributed by atoms with van der Waals surface area (Å²) >= 11 is 5.11. The monoisotopic (exact) mass is 352 g/mol. The van der Waals surface area contributed by atoms with Gasteiger partial charge in [-0.3, -0.25) is 4.79 Å². The fraction of sp³-hybridized carbons (Fsp3) is 0.750. The molecule has 0 radical (unpaired) electrons. The van der Waals surface area contributed by atoms with Crippen LogP contribution in [-0.2, 0) is 9.59 Å². The molecule has 0 aromatic heterocycles. The highest BCUT2D eigenvalue weighted by Gasteiger charge is 1.78. The van der Waals surface area contributed by atoms with E-state index in [1.165, 1.54) is 20.8 Å². The zero-order chi connectivity index (χ0) is 9.86. The van der Waals surface area contributed by atoms with Crippen molar-refractivity contribution in [3.8, 4) is 0 Å². The van der Waals surface area contributed by atoms with Crippen LogP contribution in [0.3, 0.4) is 0 Å². The molecule has 0 N–H and O–H groups in total. The lowest BCUT2D eigenvalue weighted by atomic mass is 10.5. The van der Waals surface area contributed by atoms with Crippen molar-refractivity contribution < 1.29 is 9.59 Å². The van der Waals surface area contributed by atoms with Gasteiger partial charge < -0.3 is 4.79 Å². The van der Waals surface area contributed by atoms with Crippen LogP contribution in [0.5, 0.6) is 0 Å². The number of carbonyl (C=O) groups is 2. The number of alkyl halides is 2. The Balaban J connectivity index is -0.0000000419. The molecule has 0 rings (SSSR count). The minimum absolute atomic E-state index is 0. The van der Waals surface area contributed by atoms with Crippen LogP contribution < -0.4 is 0 Å². The Morgan fingerprint density at radius 3 is 1.25 bits per heavy atom. The second-order valence-corrected chi connectivity index (χ2v) is 2.30. The molecule has 0 saturated carbocycles. The third kappa shape index (κ3) is 148. The average molecular weight is 353 g/mol. The Morgan fingerprint density at radius 2 is 1.25 bits per heavy atom. The molecular formula is C8H18BrIO2. The first-order chi connectivity index (χ1) is 5.00. The smallest absolute Gasteiger partial charge is 0.140 e. The lowest BCUT2D eigenvalue weighted by molar-refractivity contribution is -0.115. The Kier molecular flexibility index (Phi) is 43.0. The van der Waals surface area contributed by atoms with Crippen LogP contribution in [0, 0.1) is 0 Å². The molecule has 0 amide bonds. The van der Waals surface area contributed by atoms with Crippen LogP contribution in [0.4, 0.5) is 0 Å². The molecule has 0 aliphatic carbocycles. The predicted octanol–water partition coefficient (Wildman–Crippen LogP) is 3.25. The molecule has 2 nitrogen and oxygen atoms in total. The molecule has 0 unspecified atom stereocenters. The van der Waals surface area contributed by atoms with Gasteiger partial charge in [-0.05, 0) is 25.7 Å². The maximum atomic E-state index is 9.77. The van der Waals surface area contributed by atoms with Crippen molar-refractivity contribution in [2.45, 2.75) is 28.2 Å². The highest BCUT2D eigenvalue weighted by Crippen LogP contribution is 1.76. The van der Waals surface area contributed by atoms with Crippen molar-refractivity contribution in [3.63, 3.8) is 0 Å². The van der Waals surface area contributed by atoms with Crippen LogP contribution in [0.2, 0.25) is 0 Å². The standard InChI is InChI=1S/C3H5BrO.C3H6O.CH3I.CH4/c1-3(5)2-4;1-3(2)4;1-2;/h2H2,1H3;1-2H3;1H3;1H4. The van der Waals surface area contributed by atoms with Gasteiger partial charge in [0.1, 0.15) is 11.6 Å². The van der Waals surface area contributed by atoms with E-state index in [4.69, 9.17) is 0 Å². The van der Waals surface area contributed by atoms with Crippen molar-refractivity contribution in [2.75, 3.05) is 10.3 Å². The number of halogens is 2. The second-order valence-electron chi connectivity index (χ2n) is 1.74. The fourth-order valence-electron chi connectivity index (χ4n) is 0. The third-order valence-corrected chi connectivity index (χ3v) is 0.978. The van der Waals surface area contributed by atoms with Gasteiger partial charge in [0.25, 0.3) is 0 Å². The molecule has 0 bridgehead atoms. The molecule has 0 aliphatic heterocycles. The molecule has 0 spiro atoms. The van der Waals surface area contributed by atoms with Crippen molar-refractivity contribution in [3.05, 3.63) is 0 Å². The molecular weight excluding hydrogens is 335 g/mol. The summed E-state index contributed by atoms with van der Waals surface area (Å²) in [6.07, 6.45) is 0. The number of hydrogen-bond donors (Lipinski definition) is 0. The summed E-state index contributed by atoms with van der Waals surface area (Å²) in [6.45, 7) is 4.59. The van der Waals surface area contributed by atoms with Crippen molar-refractivity contribution in [2.24, 2.45) is 0 Å². The zero-order valence-corrected chi connectivity index (χ0v) is 11.0. The zero-order valence-electron chi connectivity index (χ0n) is 7.28. The molecule has 12 heavy (non-hydrogen) atoms. The van der Waals surface area contributed by atoms with E-state index >= 15 is 0 Å². The summed E-state index contributed by atoms with van der Waals surface area (Å²) in [6, 6.07) is 0. The first kappa shape index (κ1) is 22.9. The van der Waals surface area contributed by atoms with Gasteiger partial charge in [-0.25, -0.2) is 0 Å². The van der Waals surface area contributed by atoms with Gasteiger partial charge in [0.2, 0.25) is 0 Å². The molecule has 76 valence electrons. The molecule has 0 aromatic rings. The fourth-order valence-corrected chi connectivity index (χ4v) is 0. The molecule has 0 saturated heterocycles. The lowest BCUT2D eigenvalue weighted by Gasteiger charge is -1.69. The van der Waals surface area contributed by atoms with E-state index in [0.717, 1.165) is 0 Å². The lowest BCUT2D eigenvalue weighted by Crippen LogP contribution is -1.85. The highest BCUT2D eigenvalue weighted by atomic mass is 127. The average Bonchev–Trinajstić information content (AvgIpc) is 1.91. The summed E-state index contributed by atoms with van der Waals surface area (Å²) < 4.78 is 0. The Hall–Kier alpha value is 0.550. The summed E-state index contributed by atoms with van der Waals surface area (Å²) in [5.41, 5.74) is 0. The van der Waals surface area contributed by atoms with E-state index < -0.39 is 0 Å². The number of carbonyl (C=O) groups excluding carboxylic acids is 2. The molecule has 0 atom stereocenters. The van der Waals surface area contributed by atoms with E-state index in [2.05, 4.69) is 38.5 Å². The second kappa shape index (κ2) is 22.6. The summed E-state index contributed by atoms with van der Waals surface area (Å²) in [5.74, 6) is 0.338. The van der Waals surface area contributed by atoms with E-state index in [1.54, 1.807) is 0 Å². The molecule has 0 aliphatic rings. The van der Waals surface area contributed by atoms with Gasteiger partial charge in [-0.15, -0.1) is 0 Å². The first-order valence-corrected chi connectivity index (χ1v) is 6.19. The molecule has 0 heterocycles. The SMILES string of the molecule is C.CC(=O)CBr.CC(C)=O.CI. The highest BCUT2D eigenvalue weighted by molar-refractivity contribution is 14.1. The van der Waals surface area contributed by atoms with Crippen LogP contribution in [0.1, 0.15) is 28.2 Å². The van der Waals surface area contributed by atoms with E-state index in [-0.39, 0.29) is 19.0 Å². The van der Waals surface area contributed by atoms with E-state index in [9.17, 15) is 9.59 Å². The van der Waals surface area contributed by atoms with Gasteiger partial charge in [0.05, 0.1) is 5.33 Å². The Labute approximate surface area is 97.8 Å². The largest absolute Gasteiger partial charge is 0.300 e. The van der Waals surface area contributed by atoms with Crippen LogP contribution in [-0.4, -0.2) is 21.8 Å². The van der Waals surface area contributed by atoms with Crippen LogP contribution in [0.25, 0.3) is 0 Å². The van der Waals surface area contributed by atoms with Crippen LogP contribution >= 0.6 is 38.5 Å². The van der Waals surface area contributed by atoms with Gasteiger partial charge in [0, 0.05) is 0 Å². The molecule has 0 fully saturated rings. The summed E-state index contributed by atoms with van der Waals surface area (Å²) in [4.78, 5) is 21.2. The van der Waals surface area contributed by atoms with Crippen molar-refractivity contribution in [1.29, 1.82) is 0 Å². The topological polar surface area (TPSA) is 34.1 Å². The number of ketones is 2. The first-order valence-electron chi connectivity index (χ1n) is 2.91. The van der Waals surface area contributed by atoms with E-state index in [1.807, 2.05) is 4.93 Å². The van der Waals surface area contributed by atoms with Gasteiger partial charge in [0.15, 0.2) is 0 Å². The quantitative estimate of drug-likeness (QED) is 0.536. The van der Waals surface area contributed by atoms with Crippen molar-refractivity contribution >= 4 is 50.1 Å². The number of Topliss-reactive ketones (excluding diaryl/α,β-unsaturated/α-hetero) is 2. The maximum absolute atomic E-state index is 9.77. The van der Waals surface area contributed by atoms with Gasteiger partial charge in [-0.2, -0.15) is 0 Å². The van der Waals surface area contributed by atoms with Gasteiger partial charge >= 0.3 is 0 Å². The number of rotatable bonds is 1. The minimum atomic E-state index is 0. The normalized spacial score (nSPS) is 5.83. The third-order valence-electron chi connectivity index (χ3n) is 0.188. The summed E-state index contributed by atoms with van der Waals surface area (Å²) in [7, 11) is 0. The molecule has 0 aromatic carbocycles. The van der Waals surface area contributed by atoms with Crippen LogP contribution in [0.15, 0.2) is 0 Å².